The highest BCUT2D eigenvalue weighted by atomic mass is 32.1. The van der Waals surface area contributed by atoms with Gasteiger partial charge in [-0.1, -0.05) is 12.1 Å². The second kappa shape index (κ2) is 10.1. The number of anilines is 2. The van der Waals surface area contributed by atoms with Gasteiger partial charge in [-0.3, -0.25) is 14.9 Å². The summed E-state index contributed by atoms with van der Waals surface area (Å²) in [5.41, 5.74) is 4.50. The number of aromatic nitrogens is 3. The molecule has 1 amide bonds. The van der Waals surface area contributed by atoms with E-state index in [2.05, 4.69) is 51.1 Å². The van der Waals surface area contributed by atoms with Crippen LogP contribution in [0.25, 0.3) is 11.3 Å². The summed E-state index contributed by atoms with van der Waals surface area (Å²) < 4.78 is 5.12. The Morgan fingerprint density at radius 2 is 1.94 bits per heavy atom. The number of ether oxygens (including phenoxy) is 1. The molecule has 1 saturated heterocycles. The number of nitrogens with one attached hydrogen (secondary N) is 1. The van der Waals surface area contributed by atoms with Crippen molar-refractivity contribution in [3.05, 3.63) is 52.8 Å². The number of piperidine rings is 1. The van der Waals surface area contributed by atoms with E-state index in [1.165, 1.54) is 28.7 Å². The Balaban J connectivity index is 1.35. The number of aryl methyl sites for hydroxylation is 2. The van der Waals surface area contributed by atoms with Crippen molar-refractivity contribution in [2.45, 2.75) is 33.6 Å². The topological polar surface area (TPSA) is 97.3 Å². The maximum atomic E-state index is 12.6. The Morgan fingerprint density at radius 1 is 1.15 bits per heavy atom. The van der Waals surface area contributed by atoms with E-state index in [0.29, 0.717) is 30.6 Å². The first-order valence-corrected chi connectivity index (χ1v) is 11.9. The Bertz CT molecular complexity index is 1140. The molecule has 1 aromatic carbocycles. The molecule has 1 N–H and O–H groups in total. The van der Waals surface area contributed by atoms with Gasteiger partial charge < -0.3 is 9.64 Å². The molecule has 0 aliphatic carbocycles. The van der Waals surface area contributed by atoms with E-state index in [1.54, 1.807) is 6.20 Å². The summed E-state index contributed by atoms with van der Waals surface area (Å²) in [6.07, 6.45) is 4.51. The van der Waals surface area contributed by atoms with Crippen LogP contribution in [-0.2, 0) is 9.53 Å². The second-order valence-electron chi connectivity index (χ2n) is 8.06. The molecule has 0 spiro atoms. The first kappa shape index (κ1) is 22.8. The van der Waals surface area contributed by atoms with Gasteiger partial charge in [-0.05, 0) is 50.8 Å². The summed E-state index contributed by atoms with van der Waals surface area (Å²) in [5, 5.41) is 5.24. The smallest absolute Gasteiger partial charge is 0.309 e. The van der Waals surface area contributed by atoms with E-state index in [4.69, 9.17) is 4.74 Å². The second-order valence-corrected chi connectivity index (χ2v) is 8.92. The molecule has 1 aliphatic rings. The van der Waals surface area contributed by atoms with Crippen molar-refractivity contribution < 1.29 is 14.3 Å². The van der Waals surface area contributed by atoms with E-state index in [-0.39, 0.29) is 23.5 Å². The maximum absolute atomic E-state index is 12.6. The van der Waals surface area contributed by atoms with E-state index in [1.807, 2.05) is 18.4 Å². The van der Waals surface area contributed by atoms with Crippen LogP contribution < -0.4 is 10.2 Å². The van der Waals surface area contributed by atoms with Crippen LogP contribution in [0.5, 0.6) is 0 Å². The first-order valence-electron chi connectivity index (χ1n) is 11.0. The molecule has 0 unspecified atom stereocenters. The normalized spacial score (nSPS) is 14.2. The molecule has 2 aromatic heterocycles. The number of hydrogen-bond donors (Lipinski definition) is 1. The van der Waals surface area contributed by atoms with Gasteiger partial charge in [0.05, 0.1) is 30.6 Å². The lowest BCUT2D eigenvalue weighted by Crippen LogP contribution is -2.37. The van der Waals surface area contributed by atoms with Crippen LogP contribution in [-0.4, -0.2) is 46.5 Å². The summed E-state index contributed by atoms with van der Waals surface area (Å²) in [4.78, 5) is 39.8. The van der Waals surface area contributed by atoms with Crippen molar-refractivity contribution >= 4 is 34.2 Å². The fourth-order valence-electron chi connectivity index (χ4n) is 3.73. The Morgan fingerprint density at radius 3 is 2.61 bits per heavy atom. The zero-order valence-corrected chi connectivity index (χ0v) is 19.8. The van der Waals surface area contributed by atoms with Crippen molar-refractivity contribution in [2.24, 2.45) is 5.92 Å². The zero-order chi connectivity index (χ0) is 23.4. The molecule has 9 heteroatoms. The summed E-state index contributed by atoms with van der Waals surface area (Å²) in [6, 6.07) is 6.19. The van der Waals surface area contributed by atoms with Gasteiger partial charge in [-0.2, -0.15) is 0 Å². The zero-order valence-electron chi connectivity index (χ0n) is 19.0. The third-order valence-corrected chi connectivity index (χ3v) is 6.59. The average molecular weight is 466 g/mol. The Hall–Kier alpha value is -3.33. The van der Waals surface area contributed by atoms with Crippen LogP contribution in [0.2, 0.25) is 0 Å². The summed E-state index contributed by atoms with van der Waals surface area (Å²) in [6.45, 7) is 7.76. The minimum absolute atomic E-state index is 0.0637. The third-order valence-electron chi connectivity index (χ3n) is 5.84. The fraction of sp³-hybridized carbons (Fsp3) is 0.375. The first-order chi connectivity index (χ1) is 15.9. The maximum Gasteiger partial charge on any atom is 0.309 e. The lowest BCUT2D eigenvalue weighted by atomic mass is 9.97. The number of carbonyl (C=O) groups is 2. The quantitative estimate of drug-likeness (QED) is 0.544. The predicted molar refractivity (Wildman–Crippen MR) is 129 cm³/mol. The van der Waals surface area contributed by atoms with E-state index in [0.717, 1.165) is 24.1 Å². The van der Waals surface area contributed by atoms with Gasteiger partial charge in [-0.15, -0.1) is 11.3 Å². The molecule has 33 heavy (non-hydrogen) atoms. The van der Waals surface area contributed by atoms with Crippen molar-refractivity contribution in [1.82, 2.24) is 15.0 Å². The number of carbonyl (C=O) groups excluding carboxylic acids is 2. The van der Waals surface area contributed by atoms with Crippen LogP contribution >= 0.6 is 11.3 Å². The van der Waals surface area contributed by atoms with Gasteiger partial charge in [-0.25, -0.2) is 15.0 Å². The minimum atomic E-state index is -0.351. The molecule has 1 fully saturated rings. The lowest BCUT2D eigenvalue weighted by molar-refractivity contribution is -0.148. The van der Waals surface area contributed by atoms with Crippen LogP contribution in [0.3, 0.4) is 0 Å². The lowest BCUT2D eigenvalue weighted by Gasteiger charge is -2.31. The molecule has 1 aliphatic heterocycles. The van der Waals surface area contributed by atoms with E-state index in [9.17, 15) is 9.59 Å². The van der Waals surface area contributed by atoms with Crippen molar-refractivity contribution in [1.29, 1.82) is 0 Å². The number of hydrogen-bond acceptors (Lipinski definition) is 8. The van der Waals surface area contributed by atoms with Gasteiger partial charge in [0.25, 0.3) is 5.91 Å². The van der Waals surface area contributed by atoms with Crippen LogP contribution in [0, 0.1) is 19.8 Å². The molecule has 8 nitrogen and oxygen atoms in total. The minimum Gasteiger partial charge on any atom is -0.466 e. The van der Waals surface area contributed by atoms with Gasteiger partial charge in [0.1, 0.15) is 11.5 Å². The number of esters is 1. The SMILES string of the molecule is CCOC(=O)C1CCN(c2cnc(C(=O)Nc3nc(-c4ccc(C)c(C)c4)cs3)cn2)CC1. The summed E-state index contributed by atoms with van der Waals surface area (Å²) >= 11 is 1.37. The molecule has 0 saturated carbocycles. The molecular weight excluding hydrogens is 438 g/mol. The molecule has 0 atom stereocenters. The molecule has 3 heterocycles. The average Bonchev–Trinajstić information content (AvgIpc) is 3.29. The van der Waals surface area contributed by atoms with Crippen molar-refractivity contribution in [3.63, 3.8) is 0 Å². The van der Waals surface area contributed by atoms with Crippen molar-refractivity contribution in [3.8, 4) is 11.3 Å². The number of nitrogens with zero attached hydrogens (tertiary/aromatic N) is 4. The number of thiazole rings is 1. The van der Waals surface area contributed by atoms with E-state index >= 15 is 0 Å². The van der Waals surface area contributed by atoms with Crippen LogP contribution in [0.1, 0.15) is 41.4 Å². The Kier molecular flexibility index (Phi) is 6.98. The predicted octanol–water partition coefficient (Wildman–Crippen LogP) is 4.25. The largest absolute Gasteiger partial charge is 0.466 e. The van der Waals surface area contributed by atoms with Gasteiger partial charge >= 0.3 is 5.97 Å². The molecule has 3 aromatic rings. The summed E-state index contributed by atoms with van der Waals surface area (Å²) in [7, 11) is 0. The van der Waals surface area contributed by atoms with Gasteiger partial charge in [0, 0.05) is 24.0 Å². The van der Waals surface area contributed by atoms with Crippen LogP contribution in [0.15, 0.2) is 36.0 Å². The van der Waals surface area contributed by atoms with E-state index < -0.39 is 0 Å². The molecule has 172 valence electrons. The number of benzene rings is 1. The van der Waals surface area contributed by atoms with Crippen molar-refractivity contribution in [2.75, 3.05) is 29.9 Å². The monoisotopic (exact) mass is 465 g/mol. The highest BCUT2D eigenvalue weighted by molar-refractivity contribution is 7.14. The standard InChI is InChI=1S/C24H27N5O3S/c1-4-32-23(31)17-7-9-29(10-8-17)21-13-25-19(12-26-21)22(30)28-24-27-20(14-33-24)18-6-5-15(2)16(3)11-18/h5-6,11-14,17H,4,7-10H2,1-3H3,(H,27,28,30). The fourth-order valence-corrected chi connectivity index (χ4v) is 4.45. The molecular formula is C24H27N5O3S. The highest BCUT2D eigenvalue weighted by Crippen LogP contribution is 2.27. The molecule has 0 radical (unpaired) electrons. The number of rotatable bonds is 6. The molecule has 4 rings (SSSR count). The highest BCUT2D eigenvalue weighted by Gasteiger charge is 2.26. The summed E-state index contributed by atoms with van der Waals surface area (Å²) in [5.74, 6) is 0.153. The van der Waals surface area contributed by atoms with Gasteiger partial charge in [0.15, 0.2) is 5.13 Å². The Labute approximate surface area is 197 Å². The van der Waals surface area contributed by atoms with Gasteiger partial charge in [0.2, 0.25) is 0 Å². The van der Waals surface area contributed by atoms with Crippen LogP contribution in [0.4, 0.5) is 10.9 Å². The third kappa shape index (κ3) is 5.36. The molecule has 0 bridgehead atoms. The number of amides is 1.